The molecular formula is C8H10N6O2. The van der Waals surface area contributed by atoms with Gasteiger partial charge >= 0.3 is 5.97 Å². The Morgan fingerprint density at radius 1 is 1.56 bits per heavy atom. The number of anilines is 1. The zero-order chi connectivity index (χ0) is 11.5. The number of hydrogen-bond donors (Lipinski definition) is 1. The molecule has 0 aromatic carbocycles. The molecule has 0 unspecified atom stereocenters. The van der Waals surface area contributed by atoms with E-state index in [1.54, 1.807) is 17.0 Å². The fourth-order valence-corrected chi connectivity index (χ4v) is 1.33. The van der Waals surface area contributed by atoms with E-state index in [0.29, 0.717) is 18.0 Å². The van der Waals surface area contributed by atoms with Crippen LogP contribution in [0.3, 0.4) is 0 Å². The van der Waals surface area contributed by atoms with Gasteiger partial charge in [-0.25, -0.2) is 0 Å². The SMILES string of the molecule is CCN(CC(=O)O)c1ccc2nnnn2n1. The van der Waals surface area contributed by atoms with Crippen LogP contribution in [-0.4, -0.2) is 49.4 Å². The zero-order valence-electron chi connectivity index (χ0n) is 8.61. The third-order valence-corrected chi connectivity index (χ3v) is 2.09. The number of carbonyl (C=O) groups is 1. The second-order valence-corrected chi connectivity index (χ2v) is 3.13. The molecule has 0 aliphatic heterocycles. The van der Waals surface area contributed by atoms with Gasteiger partial charge in [0.1, 0.15) is 6.54 Å². The molecule has 8 heteroatoms. The minimum Gasteiger partial charge on any atom is -0.480 e. The van der Waals surface area contributed by atoms with Crippen LogP contribution < -0.4 is 4.90 Å². The first-order chi connectivity index (χ1) is 7.70. The summed E-state index contributed by atoms with van der Waals surface area (Å²) in [5, 5.41) is 23.6. The van der Waals surface area contributed by atoms with Crippen molar-refractivity contribution in [3.8, 4) is 0 Å². The number of rotatable bonds is 4. The van der Waals surface area contributed by atoms with Crippen LogP contribution in [0.2, 0.25) is 0 Å². The van der Waals surface area contributed by atoms with Crippen LogP contribution in [0, 0.1) is 0 Å². The molecule has 0 fully saturated rings. The molecule has 8 nitrogen and oxygen atoms in total. The molecule has 2 aromatic rings. The van der Waals surface area contributed by atoms with Gasteiger partial charge in [-0.3, -0.25) is 4.79 Å². The van der Waals surface area contributed by atoms with E-state index in [1.807, 2.05) is 6.92 Å². The highest BCUT2D eigenvalue weighted by atomic mass is 16.4. The largest absolute Gasteiger partial charge is 0.480 e. The van der Waals surface area contributed by atoms with Gasteiger partial charge in [0.25, 0.3) is 0 Å². The van der Waals surface area contributed by atoms with Crippen molar-refractivity contribution in [2.24, 2.45) is 0 Å². The summed E-state index contributed by atoms with van der Waals surface area (Å²) in [4.78, 5) is 12.3. The van der Waals surface area contributed by atoms with E-state index in [9.17, 15) is 4.79 Å². The van der Waals surface area contributed by atoms with Gasteiger partial charge in [0.15, 0.2) is 11.5 Å². The van der Waals surface area contributed by atoms with Crippen LogP contribution in [0.4, 0.5) is 5.82 Å². The first-order valence-corrected chi connectivity index (χ1v) is 4.73. The van der Waals surface area contributed by atoms with Crippen LogP contribution in [0.5, 0.6) is 0 Å². The second-order valence-electron chi connectivity index (χ2n) is 3.13. The van der Waals surface area contributed by atoms with Crippen LogP contribution in [0.25, 0.3) is 5.65 Å². The van der Waals surface area contributed by atoms with E-state index in [0.717, 1.165) is 0 Å². The highest BCUT2D eigenvalue weighted by molar-refractivity contribution is 5.73. The van der Waals surface area contributed by atoms with Gasteiger partial charge < -0.3 is 10.0 Å². The van der Waals surface area contributed by atoms with Crippen LogP contribution in [0.15, 0.2) is 12.1 Å². The molecule has 2 heterocycles. The third-order valence-electron chi connectivity index (χ3n) is 2.09. The summed E-state index contributed by atoms with van der Waals surface area (Å²) in [6.07, 6.45) is 0. The quantitative estimate of drug-likeness (QED) is 0.739. The molecule has 1 N–H and O–H groups in total. The lowest BCUT2D eigenvalue weighted by Gasteiger charge is -2.18. The van der Waals surface area contributed by atoms with Gasteiger partial charge in [-0.15, -0.1) is 14.8 Å². The summed E-state index contributed by atoms with van der Waals surface area (Å²) in [6.45, 7) is 2.30. The van der Waals surface area contributed by atoms with Crippen LogP contribution >= 0.6 is 0 Å². The van der Waals surface area contributed by atoms with Gasteiger partial charge in [0, 0.05) is 6.54 Å². The Bertz CT molecular complexity index is 510. The molecule has 2 aromatic heterocycles. The van der Waals surface area contributed by atoms with Crippen molar-refractivity contribution in [2.45, 2.75) is 6.92 Å². The normalized spacial score (nSPS) is 10.6. The second kappa shape index (κ2) is 4.09. The standard InChI is InChI=1S/C8H10N6O2/c1-2-13(5-8(15)16)7-4-3-6-9-11-12-14(6)10-7/h3-4H,2,5H2,1H3,(H,15,16). The predicted molar refractivity (Wildman–Crippen MR) is 54.1 cm³/mol. The Morgan fingerprint density at radius 3 is 3.06 bits per heavy atom. The Hall–Kier alpha value is -2.25. The highest BCUT2D eigenvalue weighted by Crippen LogP contribution is 2.09. The van der Waals surface area contributed by atoms with Crippen molar-refractivity contribution in [2.75, 3.05) is 18.0 Å². The Kier molecular flexibility index (Phi) is 2.63. The highest BCUT2D eigenvalue weighted by Gasteiger charge is 2.11. The number of nitrogens with zero attached hydrogens (tertiary/aromatic N) is 6. The molecule has 0 atom stereocenters. The number of aromatic nitrogens is 5. The Labute approximate surface area is 90.5 Å². The Balaban J connectivity index is 2.32. The van der Waals surface area contributed by atoms with Gasteiger partial charge in [0.2, 0.25) is 0 Å². The molecular weight excluding hydrogens is 212 g/mol. The molecule has 0 amide bonds. The van der Waals surface area contributed by atoms with Crippen molar-refractivity contribution >= 4 is 17.4 Å². The smallest absolute Gasteiger partial charge is 0.323 e. The number of aliphatic carboxylic acids is 1. The van der Waals surface area contributed by atoms with Crippen LogP contribution in [-0.2, 0) is 4.79 Å². The number of hydrogen-bond acceptors (Lipinski definition) is 6. The van der Waals surface area contributed by atoms with Gasteiger partial charge in [-0.05, 0) is 29.5 Å². The average Bonchev–Trinajstić information content (AvgIpc) is 2.72. The lowest BCUT2D eigenvalue weighted by molar-refractivity contribution is -0.135. The topological polar surface area (TPSA) is 96.5 Å². The number of likely N-dealkylation sites (N-methyl/N-ethyl adjacent to an activating group) is 1. The lowest BCUT2D eigenvalue weighted by atomic mass is 10.4. The molecule has 0 bridgehead atoms. The third kappa shape index (κ3) is 1.90. The number of tetrazole rings is 1. The maximum Gasteiger partial charge on any atom is 0.323 e. The van der Waals surface area contributed by atoms with Crippen molar-refractivity contribution in [3.63, 3.8) is 0 Å². The van der Waals surface area contributed by atoms with Crippen molar-refractivity contribution < 1.29 is 9.90 Å². The average molecular weight is 222 g/mol. The van der Waals surface area contributed by atoms with E-state index in [1.165, 1.54) is 4.63 Å². The summed E-state index contributed by atoms with van der Waals surface area (Å²) in [6, 6.07) is 3.38. The summed E-state index contributed by atoms with van der Waals surface area (Å²) >= 11 is 0. The fourth-order valence-electron chi connectivity index (χ4n) is 1.33. The molecule has 84 valence electrons. The molecule has 0 aliphatic rings. The molecule has 16 heavy (non-hydrogen) atoms. The van der Waals surface area contributed by atoms with Crippen LogP contribution in [0.1, 0.15) is 6.92 Å². The maximum atomic E-state index is 10.6. The maximum absolute atomic E-state index is 10.6. The minimum absolute atomic E-state index is 0.100. The van der Waals surface area contributed by atoms with E-state index in [4.69, 9.17) is 5.11 Å². The first kappa shape index (κ1) is 10.3. The number of carboxylic acids is 1. The first-order valence-electron chi connectivity index (χ1n) is 4.73. The number of carboxylic acid groups (broad SMARTS) is 1. The molecule has 0 saturated heterocycles. The van der Waals surface area contributed by atoms with Gasteiger partial charge in [-0.2, -0.15) is 0 Å². The van der Waals surface area contributed by atoms with Gasteiger partial charge in [0.05, 0.1) is 0 Å². The summed E-state index contributed by atoms with van der Waals surface area (Å²) < 4.78 is 1.26. The summed E-state index contributed by atoms with van der Waals surface area (Å²) in [5.41, 5.74) is 0.523. The predicted octanol–water partition coefficient (Wildman–Crippen LogP) is -0.570. The molecule has 2 rings (SSSR count). The monoisotopic (exact) mass is 222 g/mol. The van der Waals surface area contributed by atoms with Crippen molar-refractivity contribution in [1.82, 2.24) is 25.3 Å². The molecule has 0 spiro atoms. The van der Waals surface area contributed by atoms with Crippen molar-refractivity contribution in [1.29, 1.82) is 0 Å². The zero-order valence-corrected chi connectivity index (χ0v) is 8.61. The van der Waals surface area contributed by atoms with E-state index in [-0.39, 0.29) is 6.54 Å². The van der Waals surface area contributed by atoms with E-state index in [2.05, 4.69) is 20.6 Å². The van der Waals surface area contributed by atoms with E-state index >= 15 is 0 Å². The Morgan fingerprint density at radius 2 is 2.38 bits per heavy atom. The summed E-state index contributed by atoms with van der Waals surface area (Å²) in [5.74, 6) is -0.370. The molecule has 0 radical (unpaired) electrons. The van der Waals surface area contributed by atoms with E-state index < -0.39 is 5.97 Å². The molecule has 0 saturated carbocycles. The molecule has 0 aliphatic carbocycles. The number of fused-ring (bicyclic) bond motifs is 1. The van der Waals surface area contributed by atoms with Gasteiger partial charge in [-0.1, -0.05) is 0 Å². The van der Waals surface area contributed by atoms with Crippen molar-refractivity contribution in [3.05, 3.63) is 12.1 Å². The summed E-state index contributed by atoms with van der Waals surface area (Å²) in [7, 11) is 0. The lowest BCUT2D eigenvalue weighted by Crippen LogP contribution is -2.30. The minimum atomic E-state index is -0.902. The fraction of sp³-hybridized carbons (Fsp3) is 0.375.